The molecule has 0 aliphatic carbocycles. The summed E-state index contributed by atoms with van der Waals surface area (Å²) < 4.78 is 47.2. The molecule has 2 atom stereocenters. The number of imide groups is 1. The van der Waals surface area contributed by atoms with E-state index < -0.39 is 22.3 Å². The number of nitrogens with one attached hydrogen (secondary N) is 1. The van der Waals surface area contributed by atoms with Crippen LogP contribution in [0.25, 0.3) is 0 Å². The summed E-state index contributed by atoms with van der Waals surface area (Å²) in [5.74, 6) is 0.675. The predicted molar refractivity (Wildman–Crippen MR) is 133 cm³/mol. The first-order valence-electron chi connectivity index (χ1n) is 11.5. The minimum atomic E-state index is -2.54. The maximum Gasteiger partial charge on any atom is 0.289 e. The van der Waals surface area contributed by atoms with Crippen LogP contribution in [-0.2, 0) is 9.80 Å². The normalized spacial score (nSPS) is 18.0. The number of hydrogen-bond acceptors (Lipinski definition) is 6. The molecule has 6 nitrogen and oxygen atoms in total. The molecule has 1 aliphatic rings. The molecule has 9 heteroatoms. The van der Waals surface area contributed by atoms with Crippen LogP contribution < -0.4 is 19.5 Å². The number of thioether (sulfide) groups is 1. The van der Waals surface area contributed by atoms with Crippen LogP contribution >= 0.6 is 11.8 Å². The highest BCUT2D eigenvalue weighted by Gasteiger charge is 2.51. The van der Waals surface area contributed by atoms with Gasteiger partial charge in [0, 0.05) is 12.0 Å². The third-order valence-electron chi connectivity index (χ3n) is 5.44. The summed E-state index contributed by atoms with van der Waals surface area (Å²) in [6.45, 7) is 2.19. The van der Waals surface area contributed by atoms with E-state index in [1.165, 1.54) is 12.1 Å². The highest BCUT2D eigenvalue weighted by Crippen LogP contribution is 2.46. The summed E-state index contributed by atoms with van der Waals surface area (Å²) in [7, 11) is 0. The average Bonchev–Trinajstić information content (AvgIpc) is 3.16. The zero-order valence-corrected chi connectivity index (χ0v) is 20.4. The van der Waals surface area contributed by atoms with E-state index in [1.807, 2.05) is 23.5 Å². The number of hydrogen-bond donors (Lipinski definition) is 1. The summed E-state index contributed by atoms with van der Waals surface area (Å²) in [6.07, 6.45) is -0.478. The molecule has 0 bridgehead atoms. The molecular weight excluding hydrogens is 488 g/mol. The largest absolute Gasteiger partial charge is 0.493 e. The average molecular weight is 514 g/mol. The number of ether oxygens (including phenoxy) is 3. The Bertz CT molecular complexity index is 1230. The van der Waals surface area contributed by atoms with Crippen LogP contribution in [0.4, 0.5) is 13.6 Å². The lowest BCUT2D eigenvalue weighted by Gasteiger charge is -2.19. The van der Waals surface area contributed by atoms with Crippen LogP contribution in [0.1, 0.15) is 37.1 Å². The van der Waals surface area contributed by atoms with Crippen molar-refractivity contribution in [3.8, 4) is 23.0 Å². The second kappa shape index (κ2) is 11.4. The van der Waals surface area contributed by atoms with Gasteiger partial charge < -0.3 is 14.2 Å². The third-order valence-corrected chi connectivity index (χ3v) is 6.41. The quantitative estimate of drug-likeness (QED) is 0.283. The van der Waals surface area contributed by atoms with Crippen molar-refractivity contribution in [2.24, 2.45) is 0 Å². The van der Waals surface area contributed by atoms with E-state index in [9.17, 15) is 14.0 Å². The van der Waals surface area contributed by atoms with E-state index in [-0.39, 0.29) is 36.3 Å². The Balaban J connectivity index is 1.35. The fraction of sp³-hybridized carbons (Fsp3) is 0.259. The molecule has 2 amide bonds. The second-order valence-electron chi connectivity index (χ2n) is 7.98. The number of benzene rings is 3. The lowest BCUT2D eigenvalue weighted by atomic mass is 10.1. The summed E-state index contributed by atoms with van der Waals surface area (Å²) >= 11 is 0.279. The number of para-hydroxylation sites is 2. The monoisotopic (exact) mass is 513 g/mol. The van der Waals surface area contributed by atoms with Gasteiger partial charge in [-0.3, -0.25) is 14.9 Å². The van der Waals surface area contributed by atoms with Gasteiger partial charge in [0.05, 0.1) is 18.8 Å². The van der Waals surface area contributed by atoms with Gasteiger partial charge in [0.2, 0.25) is 0 Å². The lowest BCUT2D eigenvalue weighted by Crippen LogP contribution is -2.30. The number of halogens is 2. The van der Waals surface area contributed by atoms with Gasteiger partial charge in [-0.2, -0.15) is 0 Å². The molecule has 0 radical (unpaired) electrons. The maximum absolute atomic E-state index is 15.2. The van der Waals surface area contributed by atoms with Crippen LogP contribution in [0, 0.1) is 0 Å². The van der Waals surface area contributed by atoms with Crippen molar-refractivity contribution in [2.75, 3.05) is 13.2 Å². The van der Waals surface area contributed by atoms with E-state index in [0.29, 0.717) is 35.7 Å². The molecule has 1 heterocycles. The van der Waals surface area contributed by atoms with Gasteiger partial charge in [-0.05, 0) is 54.6 Å². The van der Waals surface area contributed by atoms with Gasteiger partial charge >= 0.3 is 0 Å². The lowest BCUT2D eigenvalue weighted by molar-refractivity contribution is -0.126. The van der Waals surface area contributed by atoms with E-state index in [1.54, 1.807) is 49.4 Å². The Morgan fingerprint density at radius 1 is 0.917 bits per heavy atom. The molecule has 3 aromatic carbocycles. The van der Waals surface area contributed by atoms with E-state index >= 15 is 4.39 Å². The molecule has 1 saturated heterocycles. The van der Waals surface area contributed by atoms with Crippen molar-refractivity contribution in [1.29, 1.82) is 0 Å². The summed E-state index contributed by atoms with van der Waals surface area (Å²) in [4.78, 5) is 23.5. The molecule has 0 aromatic heterocycles. The highest BCUT2D eigenvalue weighted by atomic mass is 32.2. The van der Waals surface area contributed by atoms with Gasteiger partial charge in [-0.25, -0.2) is 8.78 Å². The number of carbonyl (C=O) groups excluding carboxylic acids is 2. The van der Waals surface area contributed by atoms with Crippen molar-refractivity contribution in [1.82, 2.24) is 5.32 Å². The molecular formula is C27H25F2NO5S. The minimum absolute atomic E-state index is 0.0218. The Hall–Kier alpha value is -3.59. The first kappa shape index (κ1) is 25.5. The topological polar surface area (TPSA) is 73.9 Å². The molecule has 1 aliphatic heterocycles. The van der Waals surface area contributed by atoms with Crippen LogP contribution in [-0.4, -0.2) is 24.4 Å². The van der Waals surface area contributed by atoms with Gasteiger partial charge in [-0.15, -0.1) is 0 Å². The summed E-state index contributed by atoms with van der Waals surface area (Å²) in [5, 5.41) is -1.32. The maximum atomic E-state index is 15.2. The number of amides is 2. The van der Waals surface area contributed by atoms with Gasteiger partial charge in [0.1, 0.15) is 29.2 Å². The van der Waals surface area contributed by atoms with Crippen molar-refractivity contribution in [2.45, 2.75) is 30.9 Å². The Labute approximate surface area is 211 Å². The van der Waals surface area contributed by atoms with Crippen LogP contribution in [0.15, 0.2) is 72.8 Å². The molecule has 0 spiro atoms. The smallest absolute Gasteiger partial charge is 0.289 e. The Kier molecular flexibility index (Phi) is 8.10. The molecule has 1 N–H and O–H groups in total. The van der Waals surface area contributed by atoms with Crippen LogP contribution in [0.3, 0.4) is 0 Å². The highest BCUT2D eigenvalue weighted by molar-refractivity contribution is 8.15. The molecule has 0 saturated carbocycles. The fourth-order valence-corrected chi connectivity index (χ4v) is 4.45. The Morgan fingerprint density at radius 2 is 1.64 bits per heavy atom. The summed E-state index contributed by atoms with van der Waals surface area (Å²) in [6, 6.07) is 20.3. The number of carbonyl (C=O) groups is 2. The molecule has 3 aromatic rings. The zero-order valence-electron chi connectivity index (χ0n) is 19.5. The van der Waals surface area contributed by atoms with Crippen LogP contribution in [0.5, 0.6) is 23.0 Å². The zero-order chi connectivity index (χ0) is 25.5. The van der Waals surface area contributed by atoms with Gasteiger partial charge in [0.15, 0.2) is 0 Å². The minimum Gasteiger partial charge on any atom is -0.493 e. The summed E-state index contributed by atoms with van der Waals surface area (Å²) in [5.41, 5.74) is 0.380. The Morgan fingerprint density at radius 3 is 2.36 bits per heavy atom. The fourth-order valence-electron chi connectivity index (χ4n) is 3.63. The standard InChI is InChI=1S/C27H25F2NO5S/c1-2-22(28)20-17-19(13-14-23(20)35-18-9-4-3-5-10-18)33-15-8-16-34-24-12-7-6-11-21(24)27(29)25(31)30-26(32)36-27/h3-7,9-14,17,22H,2,8,15-16H2,1H3,(H,30,31,32). The van der Waals surface area contributed by atoms with E-state index in [4.69, 9.17) is 14.2 Å². The van der Waals surface area contributed by atoms with Crippen LogP contribution in [0.2, 0.25) is 0 Å². The van der Waals surface area contributed by atoms with E-state index in [0.717, 1.165) is 0 Å². The van der Waals surface area contributed by atoms with Gasteiger partial charge in [0.25, 0.3) is 16.1 Å². The molecule has 2 unspecified atom stereocenters. The van der Waals surface area contributed by atoms with Crippen molar-refractivity contribution < 1.29 is 32.6 Å². The molecule has 4 rings (SSSR count). The van der Waals surface area contributed by atoms with E-state index in [2.05, 4.69) is 0 Å². The first-order valence-corrected chi connectivity index (χ1v) is 12.3. The van der Waals surface area contributed by atoms with Crippen molar-refractivity contribution in [3.63, 3.8) is 0 Å². The van der Waals surface area contributed by atoms with Crippen molar-refractivity contribution in [3.05, 3.63) is 83.9 Å². The van der Waals surface area contributed by atoms with Gasteiger partial charge in [-0.1, -0.05) is 43.3 Å². The molecule has 188 valence electrons. The van der Waals surface area contributed by atoms with Crippen molar-refractivity contribution >= 4 is 22.9 Å². The first-order chi connectivity index (χ1) is 17.4. The molecule has 36 heavy (non-hydrogen) atoms. The molecule has 1 fully saturated rings. The third kappa shape index (κ3) is 5.79. The SMILES string of the molecule is CCC(F)c1cc(OCCCOc2ccccc2C2(F)SC(=O)NC2=O)ccc1Oc1ccccc1. The number of rotatable bonds is 11. The second-order valence-corrected chi connectivity index (χ2v) is 9.11. The predicted octanol–water partition coefficient (Wildman–Crippen LogP) is 6.85. The number of alkyl halides is 2.